The van der Waals surface area contributed by atoms with Crippen LogP contribution in [0.5, 0.6) is 0 Å². The molecular weight excluding hydrogens is 376 g/mol. The van der Waals surface area contributed by atoms with Gasteiger partial charge in [0.25, 0.3) is 5.69 Å². The van der Waals surface area contributed by atoms with Gasteiger partial charge in [-0.3, -0.25) is 29.5 Å². The average molecular weight is 396 g/mol. The number of hydrogen-bond acceptors (Lipinski definition) is 7. The number of carbonyl (C=O) groups excluding carboxylic acids is 3. The van der Waals surface area contributed by atoms with Crippen LogP contribution in [0.25, 0.3) is 0 Å². The molecule has 0 radical (unpaired) electrons. The van der Waals surface area contributed by atoms with Crippen LogP contribution in [0.2, 0.25) is 0 Å². The van der Waals surface area contributed by atoms with Gasteiger partial charge in [0.05, 0.1) is 28.5 Å². The van der Waals surface area contributed by atoms with Gasteiger partial charge in [-0.05, 0) is 18.2 Å². The molecule has 0 spiro atoms. The summed E-state index contributed by atoms with van der Waals surface area (Å²) in [5.74, 6) is -2.64. The lowest BCUT2D eigenvalue weighted by Crippen LogP contribution is -2.49. The summed E-state index contributed by atoms with van der Waals surface area (Å²) in [4.78, 5) is 51.1. The quantitative estimate of drug-likeness (QED) is 0.438. The SMILES string of the molecule is CC(C)(C)C(=O)[C@H]1[C@@H]2C(=O)N(c3ccc([N+](=O)[O-])cc3)C(=O)[C@@H]2[C@H]2C=CC=NN21. The summed E-state index contributed by atoms with van der Waals surface area (Å²) >= 11 is 0. The van der Waals surface area contributed by atoms with Crippen molar-refractivity contribution in [1.82, 2.24) is 5.01 Å². The van der Waals surface area contributed by atoms with E-state index in [0.29, 0.717) is 0 Å². The predicted molar refractivity (Wildman–Crippen MR) is 104 cm³/mol. The second-order valence-electron chi connectivity index (χ2n) is 8.42. The van der Waals surface area contributed by atoms with E-state index in [2.05, 4.69) is 5.10 Å². The lowest BCUT2D eigenvalue weighted by molar-refractivity contribution is -0.384. The van der Waals surface area contributed by atoms with E-state index in [-0.39, 0.29) is 17.2 Å². The van der Waals surface area contributed by atoms with E-state index < -0.39 is 46.1 Å². The number of hydrazone groups is 1. The molecule has 0 aliphatic carbocycles. The Morgan fingerprint density at radius 3 is 2.31 bits per heavy atom. The van der Waals surface area contributed by atoms with Crippen molar-refractivity contribution in [2.45, 2.75) is 32.9 Å². The molecule has 0 saturated carbocycles. The highest BCUT2D eigenvalue weighted by Gasteiger charge is 2.64. The molecule has 3 aliphatic heterocycles. The Balaban J connectivity index is 1.75. The second-order valence-corrected chi connectivity index (χ2v) is 8.42. The van der Waals surface area contributed by atoms with Crippen LogP contribution in [-0.4, -0.2) is 45.8 Å². The average Bonchev–Trinajstić information content (AvgIpc) is 3.14. The fourth-order valence-electron chi connectivity index (χ4n) is 4.26. The number of benzene rings is 1. The number of nitro groups is 1. The number of hydrogen-bond donors (Lipinski definition) is 0. The molecule has 2 amide bonds. The van der Waals surface area contributed by atoms with Crippen LogP contribution in [0.3, 0.4) is 0 Å². The van der Waals surface area contributed by atoms with E-state index in [1.807, 2.05) is 0 Å². The number of nitro benzene ring substituents is 1. The largest absolute Gasteiger partial charge is 0.297 e. The third-order valence-electron chi connectivity index (χ3n) is 5.62. The minimum absolute atomic E-state index is 0.135. The van der Waals surface area contributed by atoms with Gasteiger partial charge in [0, 0.05) is 23.8 Å². The molecule has 3 heterocycles. The summed E-state index contributed by atoms with van der Waals surface area (Å²) in [6.07, 6.45) is 5.03. The first kappa shape index (κ1) is 19.0. The third-order valence-corrected chi connectivity index (χ3v) is 5.62. The number of amides is 2. The topological polar surface area (TPSA) is 113 Å². The number of non-ortho nitro benzene ring substituents is 1. The number of imide groups is 1. The fraction of sp³-hybridized carbons (Fsp3) is 0.400. The molecule has 9 nitrogen and oxygen atoms in total. The van der Waals surface area contributed by atoms with E-state index in [9.17, 15) is 24.5 Å². The molecule has 29 heavy (non-hydrogen) atoms. The van der Waals surface area contributed by atoms with Crippen molar-refractivity contribution in [2.75, 3.05) is 4.90 Å². The van der Waals surface area contributed by atoms with Crippen LogP contribution in [-0.2, 0) is 14.4 Å². The summed E-state index contributed by atoms with van der Waals surface area (Å²) in [6.45, 7) is 5.32. The third kappa shape index (κ3) is 2.76. The van der Waals surface area contributed by atoms with Crippen molar-refractivity contribution in [3.63, 3.8) is 0 Å². The van der Waals surface area contributed by atoms with Gasteiger partial charge < -0.3 is 0 Å². The van der Waals surface area contributed by atoms with Crippen molar-refractivity contribution in [3.8, 4) is 0 Å². The highest BCUT2D eigenvalue weighted by molar-refractivity contribution is 6.24. The maximum Gasteiger partial charge on any atom is 0.269 e. The molecule has 1 aromatic carbocycles. The van der Waals surface area contributed by atoms with E-state index in [4.69, 9.17) is 0 Å². The zero-order chi connectivity index (χ0) is 21.1. The zero-order valence-corrected chi connectivity index (χ0v) is 16.2. The van der Waals surface area contributed by atoms with E-state index >= 15 is 0 Å². The number of rotatable bonds is 3. The zero-order valence-electron chi connectivity index (χ0n) is 16.2. The monoisotopic (exact) mass is 396 g/mol. The first-order chi connectivity index (χ1) is 13.6. The second kappa shape index (κ2) is 6.33. The Morgan fingerprint density at radius 2 is 1.72 bits per heavy atom. The number of nitrogens with zero attached hydrogens (tertiary/aromatic N) is 4. The summed E-state index contributed by atoms with van der Waals surface area (Å²) < 4.78 is 0. The van der Waals surface area contributed by atoms with Crippen LogP contribution < -0.4 is 4.90 Å². The van der Waals surface area contributed by atoms with Gasteiger partial charge >= 0.3 is 0 Å². The molecule has 0 bridgehead atoms. The van der Waals surface area contributed by atoms with E-state index in [0.717, 1.165) is 4.90 Å². The van der Waals surface area contributed by atoms with E-state index in [1.54, 1.807) is 44.1 Å². The minimum Gasteiger partial charge on any atom is -0.297 e. The molecule has 4 atom stereocenters. The van der Waals surface area contributed by atoms with Gasteiger partial charge in [-0.1, -0.05) is 26.8 Å². The molecule has 0 aromatic heterocycles. The molecular formula is C20H20N4O5. The molecule has 150 valence electrons. The predicted octanol–water partition coefficient (Wildman–Crippen LogP) is 1.92. The van der Waals surface area contributed by atoms with Gasteiger partial charge in [0.1, 0.15) is 6.04 Å². The highest BCUT2D eigenvalue weighted by Crippen LogP contribution is 2.47. The molecule has 0 N–H and O–H groups in total. The van der Waals surface area contributed by atoms with Gasteiger partial charge in [0.2, 0.25) is 11.8 Å². The maximum atomic E-state index is 13.3. The lowest BCUT2D eigenvalue weighted by atomic mass is 9.80. The Bertz CT molecular complexity index is 976. The number of allylic oxidation sites excluding steroid dienone is 1. The Kier molecular flexibility index (Phi) is 4.14. The van der Waals surface area contributed by atoms with Crippen molar-refractivity contribution >= 4 is 35.2 Å². The number of Topliss-reactive ketones (excluding diaryl/α,β-unsaturated/α-hetero) is 1. The van der Waals surface area contributed by atoms with Crippen LogP contribution in [0.1, 0.15) is 20.8 Å². The standard InChI is InChI=1S/C20H20N4O5/c1-20(2,3)17(25)16-15-14(13-5-4-10-21-23(13)16)18(26)22(19(15)27)11-6-8-12(9-7-11)24(28)29/h4-10,13-16H,1-3H3/t13-,14-,15-,16-/m1/s1. The smallest absolute Gasteiger partial charge is 0.269 e. The maximum absolute atomic E-state index is 13.3. The minimum atomic E-state index is -0.852. The normalized spacial score (nSPS) is 28.0. The molecule has 4 rings (SSSR count). The summed E-state index contributed by atoms with van der Waals surface area (Å²) in [6, 6.07) is 3.92. The van der Waals surface area contributed by atoms with Crippen LogP contribution in [0.15, 0.2) is 41.5 Å². The highest BCUT2D eigenvalue weighted by atomic mass is 16.6. The first-order valence-electron chi connectivity index (χ1n) is 9.28. The van der Waals surface area contributed by atoms with Gasteiger partial charge in [-0.2, -0.15) is 5.10 Å². The molecule has 1 aromatic rings. The number of carbonyl (C=O) groups is 3. The van der Waals surface area contributed by atoms with Crippen molar-refractivity contribution < 1.29 is 19.3 Å². The molecule has 3 aliphatic rings. The Morgan fingerprint density at radius 1 is 1.10 bits per heavy atom. The number of ketones is 1. The molecule has 2 fully saturated rings. The molecule has 9 heteroatoms. The van der Waals surface area contributed by atoms with Gasteiger partial charge in [-0.15, -0.1) is 0 Å². The molecule has 0 unspecified atom stereocenters. The number of fused-ring (bicyclic) bond motifs is 3. The first-order valence-corrected chi connectivity index (χ1v) is 9.28. The fourth-order valence-corrected chi connectivity index (χ4v) is 4.26. The van der Waals surface area contributed by atoms with Crippen LogP contribution >= 0.6 is 0 Å². The molecule has 2 saturated heterocycles. The van der Waals surface area contributed by atoms with Crippen molar-refractivity contribution in [3.05, 3.63) is 46.5 Å². The van der Waals surface area contributed by atoms with Crippen molar-refractivity contribution in [2.24, 2.45) is 22.4 Å². The van der Waals surface area contributed by atoms with Gasteiger partial charge in [0.15, 0.2) is 5.78 Å². The van der Waals surface area contributed by atoms with Crippen molar-refractivity contribution in [1.29, 1.82) is 0 Å². The lowest BCUT2D eigenvalue weighted by Gasteiger charge is -2.33. The van der Waals surface area contributed by atoms with E-state index in [1.165, 1.54) is 24.3 Å². The Labute approximate surface area is 166 Å². The van der Waals surface area contributed by atoms with Gasteiger partial charge in [-0.25, -0.2) is 4.90 Å². The summed E-state index contributed by atoms with van der Waals surface area (Å²) in [5, 5.41) is 16.8. The summed E-state index contributed by atoms with van der Waals surface area (Å²) in [5.41, 5.74) is -0.591. The van der Waals surface area contributed by atoms with Crippen LogP contribution in [0.4, 0.5) is 11.4 Å². The Hall–Kier alpha value is -3.36. The number of anilines is 1. The van der Waals surface area contributed by atoms with Crippen LogP contribution in [0, 0.1) is 27.4 Å². The summed E-state index contributed by atoms with van der Waals surface area (Å²) in [7, 11) is 0.